The van der Waals surface area contributed by atoms with Gasteiger partial charge in [-0.3, -0.25) is 15.1 Å². The van der Waals surface area contributed by atoms with Crippen LogP contribution in [0.5, 0.6) is 0 Å². The quantitative estimate of drug-likeness (QED) is 0.262. The van der Waals surface area contributed by atoms with Gasteiger partial charge in [-0.2, -0.15) is 0 Å². The van der Waals surface area contributed by atoms with Gasteiger partial charge in [0.15, 0.2) is 0 Å². The number of hydrogen-bond acceptors (Lipinski definition) is 6. The summed E-state index contributed by atoms with van der Waals surface area (Å²) in [6.45, 7) is 15.0. The monoisotopic (exact) mass is 567 g/mol. The van der Waals surface area contributed by atoms with Gasteiger partial charge in [0.1, 0.15) is 6.33 Å². The van der Waals surface area contributed by atoms with Crippen molar-refractivity contribution in [2.24, 2.45) is 5.92 Å². The van der Waals surface area contributed by atoms with Crippen molar-refractivity contribution < 1.29 is 4.79 Å². The molecule has 1 aromatic rings. The van der Waals surface area contributed by atoms with E-state index in [2.05, 4.69) is 59.6 Å². The normalized spacial score (nSPS) is 25.3. The van der Waals surface area contributed by atoms with Crippen LogP contribution in [-0.4, -0.2) is 96.9 Å². The lowest BCUT2D eigenvalue weighted by Crippen LogP contribution is -2.63. The first-order chi connectivity index (χ1) is 15.7. The topological polar surface area (TPSA) is 79.7 Å². The van der Waals surface area contributed by atoms with Crippen molar-refractivity contribution in [2.45, 2.75) is 65.0 Å². The molecule has 1 amide bonds. The van der Waals surface area contributed by atoms with E-state index in [1.807, 2.05) is 18.7 Å². The summed E-state index contributed by atoms with van der Waals surface area (Å²) >= 11 is 2.40. The first-order valence-electron chi connectivity index (χ1n) is 12.3. The molecule has 9 heteroatoms. The predicted molar refractivity (Wildman–Crippen MR) is 139 cm³/mol. The molecule has 3 fully saturated rings. The molecule has 1 atom stereocenters. The lowest BCUT2D eigenvalue weighted by Gasteiger charge is -2.52. The first-order valence-corrected chi connectivity index (χ1v) is 13.2. The molecule has 1 N–H and O–H groups in total. The van der Waals surface area contributed by atoms with Crippen molar-refractivity contribution in [3.05, 3.63) is 23.3 Å². The maximum Gasteiger partial charge on any atom is 0.257 e. The van der Waals surface area contributed by atoms with Gasteiger partial charge >= 0.3 is 0 Å². The van der Waals surface area contributed by atoms with Gasteiger partial charge in [0.2, 0.25) is 0 Å². The van der Waals surface area contributed by atoms with Gasteiger partial charge in [-0.05, 0) is 53.4 Å². The van der Waals surface area contributed by atoms with E-state index in [-0.39, 0.29) is 11.4 Å². The second kappa shape index (κ2) is 10.1. The van der Waals surface area contributed by atoms with Crippen LogP contribution in [0.3, 0.4) is 0 Å². The third-order valence-electron chi connectivity index (χ3n) is 8.10. The van der Waals surface area contributed by atoms with Gasteiger partial charge in [0, 0.05) is 86.2 Å². The molecule has 3 aliphatic rings. The van der Waals surface area contributed by atoms with Crippen molar-refractivity contribution in [1.82, 2.24) is 27.8 Å². The number of amidine groups is 1. The Balaban J connectivity index is 1.33. The smallest absolute Gasteiger partial charge is 0.257 e. The first kappa shape index (κ1) is 24.8. The lowest BCUT2D eigenvalue weighted by molar-refractivity contribution is -0.00242. The van der Waals surface area contributed by atoms with Gasteiger partial charge in [-0.1, -0.05) is 0 Å². The fourth-order valence-corrected chi connectivity index (χ4v) is 6.29. The molecule has 0 bridgehead atoms. The van der Waals surface area contributed by atoms with E-state index < -0.39 is 0 Å². The summed E-state index contributed by atoms with van der Waals surface area (Å²) in [5, 5.41) is 8.85. The Bertz CT molecular complexity index is 857. The van der Waals surface area contributed by atoms with Crippen LogP contribution in [0.25, 0.3) is 0 Å². The molecule has 0 saturated carbocycles. The van der Waals surface area contributed by atoms with Gasteiger partial charge in [0.25, 0.3) is 5.91 Å². The minimum absolute atomic E-state index is 0.0665. The van der Waals surface area contributed by atoms with Crippen LogP contribution in [0.4, 0.5) is 0 Å². The number of aromatic nitrogens is 2. The Morgan fingerprint density at radius 1 is 1.06 bits per heavy atom. The number of piperazine rings is 1. The fraction of sp³-hybridized carbons (Fsp3) is 0.750. The lowest BCUT2D eigenvalue weighted by atomic mass is 9.86. The molecule has 3 aliphatic heterocycles. The van der Waals surface area contributed by atoms with E-state index in [1.165, 1.54) is 6.33 Å². The highest BCUT2D eigenvalue weighted by atomic mass is 127. The highest BCUT2D eigenvalue weighted by molar-refractivity contribution is 14.1. The van der Waals surface area contributed by atoms with Crippen molar-refractivity contribution >= 4 is 34.6 Å². The van der Waals surface area contributed by atoms with Crippen LogP contribution >= 0.6 is 22.9 Å². The summed E-state index contributed by atoms with van der Waals surface area (Å²) in [4.78, 5) is 28.6. The Labute approximate surface area is 212 Å². The summed E-state index contributed by atoms with van der Waals surface area (Å²) in [6.07, 6.45) is 5.68. The number of amides is 1. The van der Waals surface area contributed by atoms with E-state index in [0.29, 0.717) is 17.5 Å². The molecule has 33 heavy (non-hydrogen) atoms. The maximum absolute atomic E-state index is 13.2. The van der Waals surface area contributed by atoms with Gasteiger partial charge in [-0.25, -0.2) is 13.1 Å². The number of hydrogen-bond donors (Lipinski definition) is 1. The van der Waals surface area contributed by atoms with Crippen molar-refractivity contribution in [3.8, 4) is 0 Å². The van der Waals surface area contributed by atoms with E-state index in [0.717, 1.165) is 88.7 Å². The average Bonchev–Trinajstić information content (AvgIpc) is 2.79. The third kappa shape index (κ3) is 5.19. The largest absolute Gasteiger partial charge is 0.355 e. The zero-order valence-corrected chi connectivity index (χ0v) is 22.6. The van der Waals surface area contributed by atoms with Crippen LogP contribution in [0.15, 0.2) is 6.33 Å². The standard InChI is InChI=1S/C24H38IN7O/c1-17-15-30(13-14-32(17)22(26)20-5-9-31(25)10-6-20)24(4)7-11-29(12-8-24)23(33)21-18(2)27-16-28-19(21)3/h16-17,20,26H,5-15H2,1-4H3/t17-/m0/s1. The number of likely N-dealkylation sites (tertiary alicyclic amines) is 1. The summed E-state index contributed by atoms with van der Waals surface area (Å²) in [5.74, 6) is 1.33. The molecule has 0 aromatic carbocycles. The zero-order chi connectivity index (χ0) is 23.8. The molecule has 0 spiro atoms. The number of aryl methyl sites for hydroxylation is 2. The Kier molecular flexibility index (Phi) is 7.59. The predicted octanol–water partition coefficient (Wildman–Crippen LogP) is 3.13. The van der Waals surface area contributed by atoms with E-state index in [9.17, 15) is 4.79 Å². The molecule has 4 heterocycles. The SMILES string of the molecule is Cc1ncnc(C)c1C(=O)N1CCC(C)(N2CCN(C(=N)C3CCN(I)CC3)[C@@H](C)C2)CC1. The number of piperidine rings is 2. The molecule has 0 radical (unpaired) electrons. The minimum Gasteiger partial charge on any atom is -0.355 e. The summed E-state index contributed by atoms with van der Waals surface area (Å²) in [7, 11) is 0. The fourth-order valence-electron chi connectivity index (χ4n) is 5.73. The van der Waals surface area contributed by atoms with E-state index in [4.69, 9.17) is 5.41 Å². The Hall–Kier alpha value is -1.33. The second-order valence-corrected chi connectivity index (χ2v) is 11.6. The van der Waals surface area contributed by atoms with E-state index in [1.54, 1.807) is 0 Å². The molecule has 0 aliphatic carbocycles. The molecule has 4 rings (SSSR count). The highest BCUT2D eigenvalue weighted by Crippen LogP contribution is 2.32. The van der Waals surface area contributed by atoms with Crippen LogP contribution in [0.1, 0.15) is 61.3 Å². The molecule has 3 saturated heterocycles. The number of carbonyl (C=O) groups excluding carboxylic acids is 1. The number of nitrogens with one attached hydrogen (secondary N) is 1. The van der Waals surface area contributed by atoms with Crippen LogP contribution < -0.4 is 0 Å². The van der Waals surface area contributed by atoms with Crippen molar-refractivity contribution in [1.29, 1.82) is 5.41 Å². The maximum atomic E-state index is 13.2. The van der Waals surface area contributed by atoms with Gasteiger partial charge < -0.3 is 9.80 Å². The van der Waals surface area contributed by atoms with Crippen LogP contribution in [0, 0.1) is 25.2 Å². The molecule has 0 unspecified atom stereocenters. The third-order valence-corrected chi connectivity index (χ3v) is 9.06. The molecular formula is C24H38IN7O. The number of carbonyl (C=O) groups is 1. The minimum atomic E-state index is 0.0665. The highest BCUT2D eigenvalue weighted by Gasteiger charge is 2.41. The summed E-state index contributed by atoms with van der Waals surface area (Å²) in [6, 6.07) is 0.354. The van der Waals surface area contributed by atoms with Crippen LogP contribution in [0.2, 0.25) is 0 Å². The van der Waals surface area contributed by atoms with Gasteiger partial charge in [0.05, 0.1) is 22.8 Å². The van der Waals surface area contributed by atoms with Crippen LogP contribution in [-0.2, 0) is 0 Å². The Morgan fingerprint density at radius 3 is 2.24 bits per heavy atom. The summed E-state index contributed by atoms with van der Waals surface area (Å²) < 4.78 is 2.34. The van der Waals surface area contributed by atoms with Crippen molar-refractivity contribution in [3.63, 3.8) is 0 Å². The van der Waals surface area contributed by atoms with Gasteiger partial charge in [-0.15, -0.1) is 0 Å². The average molecular weight is 568 g/mol. The number of rotatable bonds is 3. The number of nitrogens with zero attached hydrogens (tertiary/aromatic N) is 6. The molecular weight excluding hydrogens is 529 g/mol. The van der Waals surface area contributed by atoms with E-state index >= 15 is 0 Å². The second-order valence-electron chi connectivity index (χ2n) is 10.3. The van der Waals surface area contributed by atoms with Crippen molar-refractivity contribution in [2.75, 3.05) is 45.8 Å². The number of halogens is 1. The zero-order valence-electron chi connectivity index (χ0n) is 20.5. The molecule has 8 nitrogen and oxygen atoms in total. The Morgan fingerprint density at radius 2 is 1.67 bits per heavy atom. The summed E-state index contributed by atoms with van der Waals surface area (Å²) in [5.41, 5.74) is 2.29. The molecule has 1 aromatic heterocycles. The molecule has 182 valence electrons.